The average molecular weight is 312 g/mol. The number of aliphatic hydroxyl groups excluding tert-OH is 1. The number of rotatable bonds is 5. The summed E-state index contributed by atoms with van der Waals surface area (Å²) < 4.78 is 0. The van der Waals surface area contributed by atoms with Crippen LogP contribution in [0.3, 0.4) is 0 Å². The van der Waals surface area contributed by atoms with Crippen LogP contribution in [0.2, 0.25) is 5.02 Å². The van der Waals surface area contributed by atoms with Crippen LogP contribution in [0.5, 0.6) is 0 Å². The van der Waals surface area contributed by atoms with Gasteiger partial charge in [0, 0.05) is 18.6 Å². The Labute approximate surface area is 130 Å². The molecule has 0 heterocycles. The van der Waals surface area contributed by atoms with Crippen molar-refractivity contribution in [2.24, 2.45) is 0 Å². The summed E-state index contributed by atoms with van der Waals surface area (Å²) in [5.74, 6) is -0.376. The van der Waals surface area contributed by atoms with Gasteiger partial charge in [-0.2, -0.15) is 0 Å². The third-order valence-electron chi connectivity index (χ3n) is 4.22. The molecule has 1 aliphatic carbocycles. The first kappa shape index (κ1) is 16.3. The van der Waals surface area contributed by atoms with E-state index >= 15 is 0 Å². The molecule has 4 nitrogen and oxygen atoms in total. The van der Waals surface area contributed by atoms with E-state index < -0.39 is 11.7 Å². The topological polar surface area (TPSA) is 60.8 Å². The van der Waals surface area contributed by atoms with Gasteiger partial charge in [-0.3, -0.25) is 4.79 Å². The van der Waals surface area contributed by atoms with E-state index in [1.54, 1.807) is 31.3 Å². The number of amides is 1. The molecule has 1 amide bonds. The molecule has 5 heteroatoms. The molecule has 2 N–H and O–H groups in total. The predicted octanol–water partition coefficient (Wildman–Crippen LogP) is 2.53. The van der Waals surface area contributed by atoms with Gasteiger partial charge in [-0.05, 0) is 37.0 Å². The zero-order valence-electron chi connectivity index (χ0n) is 12.3. The first-order valence-corrected chi connectivity index (χ1v) is 7.70. The van der Waals surface area contributed by atoms with E-state index in [1.165, 1.54) is 4.90 Å². The number of halogens is 1. The number of aliphatic hydroxyl groups is 2. The minimum Gasteiger partial charge on any atom is -0.390 e. The lowest BCUT2D eigenvalue weighted by Crippen LogP contribution is -2.37. The minimum atomic E-state index is -1.22. The molecule has 0 aromatic heterocycles. The Morgan fingerprint density at radius 1 is 1.43 bits per heavy atom. The fraction of sp³-hybridized carbons (Fsp3) is 0.562. The Kier molecular flexibility index (Phi) is 5.25. The molecule has 0 saturated heterocycles. The van der Waals surface area contributed by atoms with Gasteiger partial charge in [-0.1, -0.05) is 36.6 Å². The highest BCUT2D eigenvalue weighted by Crippen LogP contribution is 2.32. The summed E-state index contributed by atoms with van der Waals surface area (Å²) in [4.78, 5) is 13.7. The van der Waals surface area contributed by atoms with Crippen molar-refractivity contribution in [2.75, 3.05) is 13.6 Å². The fourth-order valence-electron chi connectivity index (χ4n) is 2.80. The molecule has 1 atom stereocenters. The molecule has 0 radical (unpaired) electrons. The van der Waals surface area contributed by atoms with E-state index in [0.717, 1.165) is 25.7 Å². The molecule has 2 rings (SSSR count). The Morgan fingerprint density at radius 3 is 2.71 bits per heavy atom. The van der Waals surface area contributed by atoms with Gasteiger partial charge < -0.3 is 15.1 Å². The number of carbonyl (C=O) groups is 1. The van der Waals surface area contributed by atoms with Gasteiger partial charge >= 0.3 is 0 Å². The van der Waals surface area contributed by atoms with Crippen LogP contribution in [0, 0.1) is 0 Å². The second kappa shape index (κ2) is 6.77. The van der Waals surface area contributed by atoms with E-state index in [9.17, 15) is 15.0 Å². The van der Waals surface area contributed by atoms with Gasteiger partial charge in [-0.25, -0.2) is 0 Å². The molecule has 1 saturated carbocycles. The van der Waals surface area contributed by atoms with Gasteiger partial charge in [0.1, 0.15) is 0 Å². The zero-order chi connectivity index (χ0) is 15.5. The third-order valence-corrected chi connectivity index (χ3v) is 4.46. The van der Waals surface area contributed by atoms with E-state index in [4.69, 9.17) is 11.6 Å². The molecule has 0 bridgehead atoms. The van der Waals surface area contributed by atoms with E-state index in [-0.39, 0.29) is 5.91 Å². The first-order valence-electron chi connectivity index (χ1n) is 7.32. The van der Waals surface area contributed by atoms with Crippen LogP contribution in [-0.2, 0) is 4.79 Å². The van der Waals surface area contributed by atoms with Crippen LogP contribution in [0.15, 0.2) is 24.3 Å². The predicted molar refractivity (Wildman–Crippen MR) is 82.1 cm³/mol. The van der Waals surface area contributed by atoms with Crippen LogP contribution in [0.25, 0.3) is 0 Å². The minimum absolute atomic E-state index is 0.376. The third kappa shape index (κ3) is 4.19. The quantitative estimate of drug-likeness (QED) is 0.878. The number of benzene rings is 1. The van der Waals surface area contributed by atoms with Crippen molar-refractivity contribution < 1.29 is 15.0 Å². The highest BCUT2D eigenvalue weighted by atomic mass is 35.5. The molecule has 1 aromatic rings. The van der Waals surface area contributed by atoms with E-state index in [2.05, 4.69) is 0 Å². The monoisotopic (exact) mass is 311 g/mol. The van der Waals surface area contributed by atoms with Crippen LogP contribution in [0.4, 0.5) is 0 Å². The SMILES string of the molecule is CN(CCC1(O)CCCC1)C(=O)[C@@H](O)c1cccc(Cl)c1. The van der Waals surface area contributed by atoms with Crippen molar-refractivity contribution in [3.63, 3.8) is 0 Å². The van der Waals surface area contributed by atoms with Crippen molar-refractivity contribution in [3.8, 4) is 0 Å². The van der Waals surface area contributed by atoms with Crippen LogP contribution >= 0.6 is 11.6 Å². The molecule has 1 fully saturated rings. The molecule has 0 unspecified atom stereocenters. The summed E-state index contributed by atoms with van der Waals surface area (Å²) in [7, 11) is 1.65. The smallest absolute Gasteiger partial charge is 0.255 e. The molecule has 1 aromatic carbocycles. The second-order valence-corrected chi connectivity index (χ2v) is 6.34. The van der Waals surface area contributed by atoms with Crippen LogP contribution in [-0.4, -0.2) is 40.2 Å². The van der Waals surface area contributed by atoms with Crippen LogP contribution in [0.1, 0.15) is 43.8 Å². The van der Waals surface area contributed by atoms with Gasteiger partial charge in [0.25, 0.3) is 5.91 Å². The normalized spacial score (nSPS) is 18.5. The van der Waals surface area contributed by atoms with Crippen molar-refractivity contribution in [3.05, 3.63) is 34.9 Å². The molecule has 0 spiro atoms. The van der Waals surface area contributed by atoms with Gasteiger partial charge in [0.05, 0.1) is 5.60 Å². The van der Waals surface area contributed by atoms with E-state index in [0.29, 0.717) is 23.6 Å². The molecule has 0 aliphatic heterocycles. The summed E-state index contributed by atoms with van der Waals surface area (Å²) in [6.07, 6.45) is 3.01. The highest BCUT2D eigenvalue weighted by Gasteiger charge is 2.32. The lowest BCUT2D eigenvalue weighted by atomic mass is 9.97. The van der Waals surface area contributed by atoms with E-state index in [1.807, 2.05) is 0 Å². The maximum atomic E-state index is 12.2. The van der Waals surface area contributed by atoms with Crippen molar-refractivity contribution in [1.29, 1.82) is 0 Å². The van der Waals surface area contributed by atoms with Gasteiger partial charge in [0.2, 0.25) is 0 Å². The summed E-state index contributed by atoms with van der Waals surface area (Å²) in [6.45, 7) is 0.437. The van der Waals surface area contributed by atoms with Crippen molar-refractivity contribution in [1.82, 2.24) is 4.90 Å². The fourth-order valence-corrected chi connectivity index (χ4v) is 3.00. The number of hydrogen-bond acceptors (Lipinski definition) is 3. The zero-order valence-corrected chi connectivity index (χ0v) is 13.0. The van der Waals surface area contributed by atoms with Gasteiger partial charge in [0.15, 0.2) is 6.10 Å². The molecule has 1 aliphatic rings. The maximum Gasteiger partial charge on any atom is 0.255 e. The maximum absolute atomic E-state index is 12.2. The highest BCUT2D eigenvalue weighted by molar-refractivity contribution is 6.30. The lowest BCUT2D eigenvalue weighted by molar-refractivity contribution is -0.139. The molecular weight excluding hydrogens is 290 g/mol. The van der Waals surface area contributed by atoms with Crippen molar-refractivity contribution >= 4 is 17.5 Å². The van der Waals surface area contributed by atoms with Crippen LogP contribution < -0.4 is 0 Å². The van der Waals surface area contributed by atoms with Crippen molar-refractivity contribution in [2.45, 2.75) is 43.8 Å². The summed E-state index contributed by atoms with van der Waals surface area (Å²) >= 11 is 5.87. The first-order chi connectivity index (χ1) is 9.91. The largest absolute Gasteiger partial charge is 0.390 e. The van der Waals surface area contributed by atoms with Gasteiger partial charge in [-0.15, -0.1) is 0 Å². The summed E-state index contributed by atoms with van der Waals surface area (Å²) in [6, 6.07) is 6.66. The number of carbonyl (C=O) groups excluding carboxylic acids is 1. The number of likely N-dealkylation sites (N-methyl/N-ethyl adjacent to an activating group) is 1. The summed E-state index contributed by atoms with van der Waals surface area (Å²) in [5, 5.41) is 20.9. The molecular formula is C16H22ClNO3. The number of nitrogens with zero attached hydrogens (tertiary/aromatic N) is 1. The Morgan fingerprint density at radius 2 is 2.10 bits per heavy atom. The average Bonchev–Trinajstić information content (AvgIpc) is 2.90. The second-order valence-electron chi connectivity index (χ2n) is 5.90. The Balaban J connectivity index is 1.92. The standard InChI is InChI=1S/C16H22ClNO3/c1-18(10-9-16(21)7-2-3-8-16)15(20)14(19)12-5-4-6-13(17)11-12/h4-6,11,14,19,21H,2-3,7-10H2,1H3/t14-/m0/s1. The Hall–Kier alpha value is -1.10. The lowest BCUT2D eigenvalue weighted by Gasteiger charge is -2.27. The summed E-state index contributed by atoms with van der Waals surface area (Å²) in [5.41, 5.74) is -0.158. The number of hydrogen-bond donors (Lipinski definition) is 2. The molecule has 116 valence electrons. The molecule has 21 heavy (non-hydrogen) atoms. The Bertz CT molecular complexity index is 500.